The highest BCUT2D eigenvalue weighted by molar-refractivity contribution is 6.30. The smallest absolute Gasteiger partial charge is 0.339 e. The highest BCUT2D eigenvalue weighted by atomic mass is 35.5. The lowest BCUT2D eigenvalue weighted by atomic mass is 10.0. The lowest BCUT2D eigenvalue weighted by Crippen LogP contribution is -2.35. The summed E-state index contributed by atoms with van der Waals surface area (Å²) in [5.41, 5.74) is 1.88. The van der Waals surface area contributed by atoms with Gasteiger partial charge in [-0.25, -0.2) is 4.79 Å². The van der Waals surface area contributed by atoms with Gasteiger partial charge in [0.1, 0.15) is 0 Å². The molecule has 130 valence electrons. The zero-order valence-electron chi connectivity index (χ0n) is 14.2. The van der Waals surface area contributed by atoms with E-state index in [9.17, 15) is 9.59 Å². The van der Waals surface area contributed by atoms with Gasteiger partial charge in [-0.3, -0.25) is 4.79 Å². The number of halogens is 1. The molecule has 0 aromatic heterocycles. The van der Waals surface area contributed by atoms with Crippen molar-refractivity contribution in [2.45, 2.75) is 20.0 Å². The van der Waals surface area contributed by atoms with E-state index in [4.69, 9.17) is 16.3 Å². The number of ether oxygens (including phenoxy) is 1. The third-order valence-electron chi connectivity index (χ3n) is 3.49. The van der Waals surface area contributed by atoms with Crippen molar-refractivity contribution in [3.05, 3.63) is 70.7 Å². The minimum Gasteiger partial charge on any atom is -0.449 e. The summed E-state index contributed by atoms with van der Waals surface area (Å²) in [6, 6.07) is 16.3. The van der Waals surface area contributed by atoms with Crippen LogP contribution in [0.3, 0.4) is 0 Å². The molecule has 4 nitrogen and oxygen atoms in total. The monoisotopic (exact) mass is 357 g/mol. The van der Waals surface area contributed by atoms with Crippen LogP contribution in [0.15, 0.2) is 54.6 Å². The molecule has 0 bridgehead atoms. The summed E-state index contributed by atoms with van der Waals surface area (Å²) in [6.07, 6.45) is 0.856. The number of benzene rings is 2. The highest BCUT2D eigenvalue weighted by Crippen LogP contribution is 2.22. The first kappa shape index (κ1) is 18.7. The standard InChI is InChI=1S/C20H20ClNO3/c1-3-22-19(23)14(2)25-20(24)18(13-15-7-5-4-6-8-15)16-9-11-17(21)12-10-16/h4-14H,3H2,1-2H3,(H,22,23)/b18-13+/t14-/m0/s1. The topological polar surface area (TPSA) is 55.4 Å². The van der Waals surface area contributed by atoms with Gasteiger partial charge < -0.3 is 10.1 Å². The average molecular weight is 358 g/mol. The Balaban J connectivity index is 2.31. The molecule has 0 unspecified atom stereocenters. The molecule has 2 aromatic rings. The molecule has 0 fully saturated rings. The van der Waals surface area contributed by atoms with Crippen molar-refractivity contribution in [2.75, 3.05) is 6.54 Å². The second kappa shape index (κ2) is 9.04. The Bertz CT molecular complexity index is 754. The van der Waals surface area contributed by atoms with Gasteiger partial charge in [0.25, 0.3) is 5.91 Å². The Labute approximate surface area is 152 Å². The minimum atomic E-state index is -0.876. The first-order valence-electron chi connectivity index (χ1n) is 8.02. The number of carbonyl (C=O) groups is 2. The van der Waals surface area contributed by atoms with E-state index in [0.29, 0.717) is 22.7 Å². The van der Waals surface area contributed by atoms with Gasteiger partial charge >= 0.3 is 5.97 Å². The van der Waals surface area contributed by atoms with Crippen molar-refractivity contribution in [2.24, 2.45) is 0 Å². The lowest BCUT2D eigenvalue weighted by molar-refractivity contribution is -0.149. The van der Waals surface area contributed by atoms with Gasteiger partial charge in [-0.1, -0.05) is 54.1 Å². The van der Waals surface area contributed by atoms with Crippen molar-refractivity contribution in [1.29, 1.82) is 0 Å². The van der Waals surface area contributed by atoms with Crippen LogP contribution in [0, 0.1) is 0 Å². The van der Waals surface area contributed by atoms with Gasteiger partial charge in [-0.2, -0.15) is 0 Å². The molecule has 25 heavy (non-hydrogen) atoms. The van der Waals surface area contributed by atoms with Crippen LogP contribution in [0.2, 0.25) is 5.02 Å². The van der Waals surface area contributed by atoms with Crippen LogP contribution in [0.1, 0.15) is 25.0 Å². The number of esters is 1. The number of amides is 1. The number of likely N-dealkylation sites (N-methyl/N-ethyl adjacent to an activating group) is 1. The Morgan fingerprint density at radius 2 is 1.76 bits per heavy atom. The second-order valence-corrected chi connectivity index (χ2v) is 5.85. The molecule has 0 saturated carbocycles. The molecular weight excluding hydrogens is 338 g/mol. The normalized spacial score (nSPS) is 12.4. The van der Waals surface area contributed by atoms with E-state index >= 15 is 0 Å². The second-order valence-electron chi connectivity index (χ2n) is 5.42. The summed E-state index contributed by atoms with van der Waals surface area (Å²) < 4.78 is 5.33. The van der Waals surface area contributed by atoms with Crippen LogP contribution in [0.4, 0.5) is 0 Å². The van der Waals surface area contributed by atoms with Crippen molar-refractivity contribution in [3.8, 4) is 0 Å². The first-order valence-corrected chi connectivity index (χ1v) is 8.40. The van der Waals surface area contributed by atoms with Crippen LogP contribution < -0.4 is 5.32 Å². The summed E-state index contributed by atoms with van der Waals surface area (Å²) in [4.78, 5) is 24.5. The largest absolute Gasteiger partial charge is 0.449 e. The summed E-state index contributed by atoms with van der Waals surface area (Å²) in [6.45, 7) is 3.83. The van der Waals surface area contributed by atoms with Gasteiger partial charge in [0.05, 0.1) is 5.57 Å². The van der Waals surface area contributed by atoms with Crippen molar-refractivity contribution in [1.82, 2.24) is 5.32 Å². The predicted octanol–water partition coefficient (Wildman–Crippen LogP) is 3.95. The van der Waals surface area contributed by atoms with E-state index in [1.54, 1.807) is 44.2 Å². The zero-order chi connectivity index (χ0) is 18.2. The minimum absolute atomic E-state index is 0.328. The van der Waals surface area contributed by atoms with E-state index in [1.165, 1.54) is 0 Å². The molecule has 0 radical (unpaired) electrons. The molecule has 1 atom stereocenters. The van der Waals surface area contributed by atoms with Crippen LogP contribution in [-0.4, -0.2) is 24.5 Å². The highest BCUT2D eigenvalue weighted by Gasteiger charge is 2.21. The van der Waals surface area contributed by atoms with Gasteiger partial charge in [-0.05, 0) is 43.2 Å². The maximum absolute atomic E-state index is 12.6. The van der Waals surface area contributed by atoms with Crippen molar-refractivity contribution >= 4 is 35.1 Å². The van der Waals surface area contributed by atoms with Crippen LogP contribution in [0.5, 0.6) is 0 Å². The number of rotatable bonds is 6. The van der Waals surface area contributed by atoms with Crippen LogP contribution >= 0.6 is 11.6 Å². The SMILES string of the molecule is CCNC(=O)[C@H](C)OC(=O)/C(=C/c1ccccc1)c1ccc(Cl)cc1. The predicted molar refractivity (Wildman–Crippen MR) is 100 cm³/mol. The Morgan fingerprint density at radius 3 is 2.36 bits per heavy atom. The number of hydrogen-bond donors (Lipinski definition) is 1. The fourth-order valence-electron chi connectivity index (χ4n) is 2.20. The number of nitrogens with one attached hydrogen (secondary N) is 1. The Kier molecular flexibility index (Phi) is 6.78. The van der Waals surface area contributed by atoms with Gasteiger partial charge in [-0.15, -0.1) is 0 Å². The molecule has 2 rings (SSSR count). The van der Waals surface area contributed by atoms with E-state index < -0.39 is 12.1 Å². The molecule has 0 spiro atoms. The summed E-state index contributed by atoms with van der Waals surface area (Å²) >= 11 is 5.93. The maximum Gasteiger partial charge on any atom is 0.339 e. The first-order chi connectivity index (χ1) is 12.0. The Morgan fingerprint density at radius 1 is 1.12 bits per heavy atom. The van der Waals surface area contributed by atoms with Crippen molar-refractivity contribution in [3.63, 3.8) is 0 Å². The number of carbonyl (C=O) groups excluding carboxylic acids is 2. The molecule has 1 amide bonds. The van der Waals surface area contributed by atoms with Gasteiger partial charge in [0.15, 0.2) is 6.10 Å². The fourth-order valence-corrected chi connectivity index (χ4v) is 2.33. The van der Waals surface area contributed by atoms with Gasteiger partial charge in [0.2, 0.25) is 0 Å². The quantitative estimate of drug-likeness (QED) is 0.484. The molecule has 0 heterocycles. The molecule has 0 aliphatic heterocycles. The molecule has 0 saturated heterocycles. The maximum atomic E-state index is 12.6. The van der Waals surface area contributed by atoms with E-state index in [-0.39, 0.29) is 5.91 Å². The van der Waals surface area contributed by atoms with Crippen molar-refractivity contribution < 1.29 is 14.3 Å². The summed E-state index contributed by atoms with van der Waals surface area (Å²) in [5.74, 6) is -0.893. The van der Waals surface area contributed by atoms with Crippen LogP contribution in [-0.2, 0) is 14.3 Å². The molecule has 0 aliphatic carbocycles. The third-order valence-corrected chi connectivity index (χ3v) is 3.74. The average Bonchev–Trinajstić information content (AvgIpc) is 2.61. The molecular formula is C20H20ClNO3. The Hall–Kier alpha value is -2.59. The van der Waals surface area contributed by atoms with E-state index in [1.807, 2.05) is 30.3 Å². The molecule has 2 aromatic carbocycles. The van der Waals surface area contributed by atoms with Gasteiger partial charge in [0, 0.05) is 11.6 Å². The molecule has 1 N–H and O–H groups in total. The van der Waals surface area contributed by atoms with E-state index in [2.05, 4.69) is 5.32 Å². The van der Waals surface area contributed by atoms with Crippen LogP contribution in [0.25, 0.3) is 11.6 Å². The third kappa shape index (κ3) is 5.47. The number of hydrogen-bond acceptors (Lipinski definition) is 3. The molecule has 0 aliphatic rings. The zero-order valence-corrected chi connectivity index (χ0v) is 14.9. The fraction of sp³-hybridized carbons (Fsp3) is 0.200. The van der Waals surface area contributed by atoms with E-state index in [0.717, 1.165) is 5.56 Å². The summed E-state index contributed by atoms with van der Waals surface area (Å²) in [5, 5.41) is 3.21. The lowest BCUT2D eigenvalue weighted by Gasteiger charge is -2.14. The summed E-state index contributed by atoms with van der Waals surface area (Å²) in [7, 11) is 0. The molecule has 5 heteroatoms.